The lowest BCUT2D eigenvalue weighted by Crippen LogP contribution is -2.49. The summed E-state index contributed by atoms with van der Waals surface area (Å²) in [7, 11) is 1.76. The number of carbonyl (C=O) groups is 3. The second kappa shape index (κ2) is 13.0. The first-order valence-corrected chi connectivity index (χ1v) is 11.5. The molecule has 2 aromatic rings. The number of carboxylic acid groups (broad SMARTS) is 2. The van der Waals surface area contributed by atoms with E-state index in [0.29, 0.717) is 35.8 Å². The predicted molar refractivity (Wildman–Crippen MR) is 137 cm³/mol. The monoisotopic (exact) mass is 519 g/mol. The Morgan fingerprint density at radius 2 is 1.61 bits per heavy atom. The van der Waals surface area contributed by atoms with Gasteiger partial charge in [-0.15, -0.1) is 0 Å². The van der Waals surface area contributed by atoms with E-state index in [0.717, 1.165) is 23.5 Å². The maximum absolute atomic E-state index is 13.0. The largest absolute Gasteiger partial charge is 0.478 e. The van der Waals surface area contributed by atoms with Crippen molar-refractivity contribution >= 4 is 46.5 Å². The molecule has 0 saturated heterocycles. The van der Waals surface area contributed by atoms with Crippen molar-refractivity contribution in [3.05, 3.63) is 65.2 Å². The molecule has 0 aliphatic carbocycles. The molecule has 2 aromatic carbocycles. The van der Waals surface area contributed by atoms with Crippen LogP contribution in [0.5, 0.6) is 0 Å². The number of rotatable bonds is 9. The number of halogens is 1. The number of nitrogens with zero attached hydrogens (tertiary/aromatic N) is 2. The summed E-state index contributed by atoms with van der Waals surface area (Å²) in [5, 5.41) is 38.3. The summed E-state index contributed by atoms with van der Waals surface area (Å²) in [6.45, 7) is 2.77. The van der Waals surface area contributed by atoms with Gasteiger partial charge in [-0.25, -0.2) is 9.59 Å². The van der Waals surface area contributed by atoms with Crippen molar-refractivity contribution in [1.29, 1.82) is 0 Å². The molecular formula is C25H30ClN3O7. The molecule has 36 heavy (non-hydrogen) atoms. The first-order chi connectivity index (χ1) is 17.0. The third-order valence-electron chi connectivity index (χ3n) is 5.50. The number of fused-ring (bicyclic) bond motifs is 2. The van der Waals surface area contributed by atoms with E-state index in [1.165, 1.54) is 0 Å². The molecule has 1 heterocycles. The molecular weight excluding hydrogens is 490 g/mol. The average molecular weight is 520 g/mol. The summed E-state index contributed by atoms with van der Waals surface area (Å²) in [6.07, 6.45) is 1.87. The molecule has 1 amide bonds. The molecule has 11 heteroatoms. The van der Waals surface area contributed by atoms with Gasteiger partial charge in [0.1, 0.15) is 0 Å². The van der Waals surface area contributed by atoms with E-state index in [-0.39, 0.29) is 19.1 Å². The van der Waals surface area contributed by atoms with Crippen molar-refractivity contribution < 1.29 is 34.8 Å². The summed E-state index contributed by atoms with van der Waals surface area (Å²) in [6, 6.07) is 13.1. The second-order valence-corrected chi connectivity index (χ2v) is 8.77. The van der Waals surface area contributed by atoms with Gasteiger partial charge in [-0.2, -0.15) is 0 Å². The van der Waals surface area contributed by atoms with E-state index in [2.05, 4.69) is 10.2 Å². The molecule has 0 radical (unpaired) electrons. The number of amides is 1. The van der Waals surface area contributed by atoms with Gasteiger partial charge in [-0.1, -0.05) is 23.7 Å². The number of aliphatic hydroxyl groups excluding tert-OH is 2. The maximum Gasteiger partial charge on any atom is 0.328 e. The summed E-state index contributed by atoms with van der Waals surface area (Å²) in [4.78, 5) is 35.8. The van der Waals surface area contributed by atoms with Gasteiger partial charge in [-0.3, -0.25) is 4.79 Å². The van der Waals surface area contributed by atoms with Gasteiger partial charge in [-0.05, 0) is 50.2 Å². The van der Waals surface area contributed by atoms with Crippen molar-refractivity contribution in [2.24, 2.45) is 0 Å². The number of hydrogen-bond donors (Lipinski definition) is 5. The average Bonchev–Trinajstić information content (AvgIpc) is 2.94. The van der Waals surface area contributed by atoms with Crippen molar-refractivity contribution in [2.75, 3.05) is 43.2 Å². The molecule has 0 bridgehead atoms. The Morgan fingerprint density at radius 3 is 2.19 bits per heavy atom. The highest BCUT2D eigenvalue weighted by molar-refractivity contribution is 6.31. The minimum atomic E-state index is -1.26. The minimum absolute atomic E-state index is 0.0760. The number of benzene rings is 2. The van der Waals surface area contributed by atoms with Gasteiger partial charge >= 0.3 is 11.9 Å². The van der Waals surface area contributed by atoms with Crippen LogP contribution in [0.15, 0.2) is 54.6 Å². The third kappa shape index (κ3) is 7.53. The highest BCUT2D eigenvalue weighted by Gasteiger charge is 2.29. The van der Waals surface area contributed by atoms with Crippen LogP contribution in [0.25, 0.3) is 0 Å². The summed E-state index contributed by atoms with van der Waals surface area (Å²) in [5.41, 5.74) is 2.46. The van der Waals surface area contributed by atoms with Crippen LogP contribution in [-0.2, 0) is 9.59 Å². The number of anilines is 3. The molecule has 194 valence electrons. The number of nitrogens with one attached hydrogen (secondary N) is 1. The number of carboxylic acids is 2. The van der Waals surface area contributed by atoms with Crippen molar-refractivity contribution in [2.45, 2.75) is 18.9 Å². The van der Waals surface area contributed by atoms with Gasteiger partial charge in [0.25, 0.3) is 5.91 Å². The van der Waals surface area contributed by atoms with Gasteiger partial charge in [0.2, 0.25) is 0 Å². The van der Waals surface area contributed by atoms with Crippen LogP contribution < -0.4 is 15.1 Å². The highest BCUT2D eigenvalue weighted by Crippen LogP contribution is 2.41. The molecule has 0 aromatic heterocycles. The predicted octanol–water partition coefficient (Wildman–Crippen LogP) is 2.50. The van der Waals surface area contributed by atoms with E-state index in [1.807, 2.05) is 36.4 Å². The first-order valence-electron chi connectivity index (χ1n) is 11.1. The van der Waals surface area contributed by atoms with Crippen LogP contribution in [0.4, 0.5) is 17.1 Å². The highest BCUT2D eigenvalue weighted by atomic mass is 35.5. The van der Waals surface area contributed by atoms with Gasteiger partial charge in [0, 0.05) is 30.8 Å². The standard InChI is InChI=1S/C21H26ClN3O3.C4H4O4/c1-21(13-26,14-27)23-10-5-11-25-17-7-4-3-6-16(17)20(28)24(2)19-12-15(22)8-9-18(19)25;5-3(6)1-2-4(7)8/h3-4,6-9,12,23,26-27H,5,10-11,13-14H2,1-2H3;1-2H,(H,5,6)(H,7,8)/b;2-1+. The van der Waals surface area contributed by atoms with Gasteiger partial charge in [0.05, 0.1) is 41.4 Å². The van der Waals surface area contributed by atoms with Gasteiger partial charge < -0.3 is 35.5 Å². The third-order valence-corrected chi connectivity index (χ3v) is 5.73. The summed E-state index contributed by atoms with van der Waals surface area (Å²) >= 11 is 6.20. The smallest absolute Gasteiger partial charge is 0.328 e. The number of hydrogen-bond acceptors (Lipinski definition) is 7. The normalized spacial score (nSPS) is 13.0. The molecule has 10 nitrogen and oxygen atoms in total. The Morgan fingerprint density at radius 1 is 1.00 bits per heavy atom. The zero-order valence-corrected chi connectivity index (χ0v) is 20.8. The molecule has 0 fully saturated rings. The van der Waals surface area contributed by atoms with Crippen molar-refractivity contribution in [1.82, 2.24) is 5.32 Å². The second-order valence-electron chi connectivity index (χ2n) is 8.33. The number of para-hydroxylation sites is 1. The fourth-order valence-corrected chi connectivity index (χ4v) is 3.64. The lowest BCUT2D eigenvalue weighted by Gasteiger charge is -2.29. The van der Waals surface area contributed by atoms with E-state index in [1.54, 1.807) is 24.9 Å². The van der Waals surface area contributed by atoms with Crippen LogP contribution in [0.3, 0.4) is 0 Å². The first kappa shape index (κ1) is 28.8. The fraction of sp³-hybridized carbons (Fsp3) is 0.320. The van der Waals surface area contributed by atoms with Crippen LogP contribution in [0.2, 0.25) is 5.02 Å². The SMILES string of the molecule is CN1C(=O)c2ccccc2N(CCCNC(C)(CO)CO)c2ccc(Cl)cc21.O=C(O)/C=C/C(=O)O. The Hall–Kier alpha value is -3.44. The van der Waals surface area contributed by atoms with E-state index in [9.17, 15) is 24.6 Å². The van der Waals surface area contributed by atoms with E-state index < -0.39 is 17.5 Å². The van der Waals surface area contributed by atoms with Crippen LogP contribution in [0, 0.1) is 0 Å². The molecule has 1 aliphatic heterocycles. The number of aliphatic hydroxyl groups is 2. The summed E-state index contributed by atoms with van der Waals surface area (Å²) in [5.74, 6) is -2.59. The molecule has 0 spiro atoms. The molecule has 1 aliphatic rings. The molecule has 3 rings (SSSR count). The van der Waals surface area contributed by atoms with Crippen molar-refractivity contribution in [3.63, 3.8) is 0 Å². The molecule has 5 N–H and O–H groups in total. The summed E-state index contributed by atoms with van der Waals surface area (Å²) < 4.78 is 0. The Bertz CT molecular complexity index is 1100. The lowest BCUT2D eigenvalue weighted by atomic mass is 10.1. The topological polar surface area (TPSA) is 151 Å². The maximum atomic E-state index is 13.0. The molecule has 0 atom stereocenters. The zero-order valence-electron chi connectivity index (χ0n) is 20.0. The van der Waals surface area contributed by atoms with E-state index >= 15 is 0 Å². The fourth-order valence-electron chi connectivity index (χ4n) is 3.48. The van der Waals surface area contributed by atoms with E-state index in [4.69, 9.17) is 21.8 Å². The minimum Gasteiger partial charge on any atom is -0.478 e. The van der Waals surface area contributed by atoms with Crippen molar-refractivity contribution in [3.8, 4) is 0 Å². The Kier molecular flexibility index (Phi) is 10.4. The Balaban J connectivity index is 0.000000493. The molecule has 0 unspecified atom stereocenters. The molecule has 0 saturated carbocycles. The zero-order chi connectivity index (χ0) is 26.9. The number of aliphatic carboxylic acids is 2. The van der Waals surface area contributed by atoms with Crippen LogP contribution in [0.1, 0.15) is 23.7 Å². The van der Waals surface area contributed by atoms with Gasteiger partial charge in [0.15, 0.2) is 0 Å². The van der Waals surface area contributed by atoms with Crippen LogP contribution >= 0.6 is 11.6 Å². The quantitative estimate of drug-likeness (QED) is 0.248. The van der Waals surface area contributed by atoms with Crippen LogP contribution in [-0.4, -0.2) is 77.2 Å². The lowest BCUT2D eigenvalue weighted by molar-refractivity contribution is -0.134. The Labute approximate surface area is 214 Å². The number of carbonyl (C=O) groups excluding carboxylic acids is 1.